The van der Waals surface area contributed by atoms with Crippen LogP contribution in [0.25, 0.3) is 16.9 Å². The number of likely N-dealkylation sites (tertiary alicyclic amines) is 1. The second kappa shape index (κ2) is 6.67. The second-order valence-electron chi connectivity index (χ2n) is 6.28. The van der Waals surface area contributed by atoms with Crippen LogP contribution in [0.5, 0.6) is 0 Å². The fraction of sp³-hybridized carbons (Fsp3) is 0.211. The number of carbonyl (C=O) groups excluding carboxylic acids is 1. The van der Waals surface area contributed by atoms with Crippen molar-refractivity contribution in [1.82, 2.24) is 19.5 Å². The molecule has 26 heavy (non-hydrogen) atoms. The zero-order valence-electron chi connectivity index (χ0n) is 13.8. The van der Waals surface area contributed by atoms with Crippen LogP contribution in [0, 0.1) is 5.92 Å². The topological polar surface area (TPSA) is 50.5 Å². The van der Waals surface area contributed by atoms with Crippen molar-refractivity contribution in [2.45, 2.75) is 13.0 Å². The van der Waals surface area contributed by atoms with Gasteiger partial charge in [0.1, 0.15) is 5.69 Å². The Labute approximate surface area is 148 Å². The Morgan fingerprint density at radius 3 is 2.81 bits per heavy atom. The number of aromatic nitrogens is 3. The maximum Gasteiger partial charge on any atom is 0.266 e. The summed E-state index contributed by atoms with van der Waals surface area (Å²) in [6.07, 6.45) is 2.70. The minimum Gasteiger partial charge on any atom is -0.338 e. The van der Waals surface area contributed by atoms with Gasteiger partial charge in [0.05, 0.1) is 6.54 Å². The van der Waals surface area contributed by atoms with Gasteiger partial charge in [-0.05, 0) is 12.1 Å². The number of fused-ring (bicyclic) bond motifs is 1. The Morgan fingerprint density at radius 2 is 2.04 bits per heavy atom. The molecular formula is C19H16F2N4O. The highest BCUT2D eigenvalue weighted by molar-refractivity contribution is 5.80. The summed E-state index contributed by atoms with van der Waals surface area (Å²) in [5.41, 5.74) is 3.14. The van der Waals surface area contributed by atoms with Gasteiger partial charge in [-0.2, -0.15) is 13.9 Å². The van der Waals surface area contributed by atoms with Gasteiger partial charge < -0.3 is 4.90 Å². The fourth-order valence-electron chi connectivity index (χ4n) is 3.34. The molecule has 1 unspecified atom stereocenters. The molecule has 2 aromatic heterocycles. The molecule has 3 aromatic rings. The molecule has 1 aliphatic rings. The number of carbonyl (C=O) groups is 1. The van der Waals surface area contributed by atoms with E-state index in [-0.39, 0.29) is 18.9 Å². The van der Waals surface area contributed by atoms with Crippen LogP contribution in [0.1, 0.15) is 12.0 Å². The number of nitrogens with zero attached hydrogens (tertiary/aromatic N) is 4. The molecule has 1 saturated heterocycles. The van der Waals surface area contributed by atoms with Gasteiger partial charge in [-0.25, -0.2) is 9.50 Å². The molecule has 1 fully saturated rings. The Balaban J connectivity index is 1.72. The highest BCUT2D eigenvalue weighted by Gasteiger charge is 2.30. The number of hydrogen-bond donors (Lipinski definition) is 0. The first-order chi connectivity index (χ1) is 12.6. The van der Waals surface area contributed by atoms with Crippen LogP contribution in [0.2, 0.25) is 0 Å². The molecule has 132 valence electrons. The third kappa shape index (κ3) is 3.08. The summed E-state index contributed by atoms with van der Waals surface area (Å²) in [6, 6.07) is 11.4. The Bertz CT molecular complexity index is 980. The van der Waals surface area contributed by atoms with E-state index in [0.717, 1.165) is 22.9 Å². The van der Waals surface area contributed by atoms with Crippen molar-refractivity contribution in [1.29, 1.82) is 0 Å². The summed E-state index contributed by atoms with van der Waals surface area (Å²) in [5, 5.41) is 4.60. The van der Waals surface area contributed by atoms with E-state index in [2.05, 4.69) is 10.1 Å². The van der Waals surface area contributed by atoms with Gasteiger partial charge >= 0.3 is 0 Å². The van der Waals surface area contributed by atoms with E-state index in [4.69, 9.17) is 0 Å². The van der Waals surface area contributed by atoms with E-state index in [1.165, 1.54) is 0 Å². The predicted octanol–water partition coefficient (Wildman–Crippen LogP) is 3.53. The van der Waals surface area contributed by atoms with Crippen LogP contribution in [0.4, 0.5) is 8.78 Å². The van der Waals surface area contributed by atoms with E-state index >= 15 is 0 Å². The molecule has 1 amide bonds. The third-order valence-electron chi connectivity index (χ3n) is 4.49. The minimum atomic E-state index is -1.74. The van der Waals surface area contributed by atoms with Crippen molar-refractivity contribution < 1.29 is 13.6 Å². The Morgan fingerprint density at radius 1 is 1.23 bits per heavy atom. The van der Waals surface area contributed by atoms with Gasteiger partial charge in [-0.1, -0.05) is 30.3 Å². The molecule has 0 radical (unpaired) electrons. The molecule has 0 aliphatic carbocycles. The summed E-state index contributed by atoms with van der Waals surface area (Å²) in [4.78, 5) is 18.3. The molecule has 0 bridgehead atoms. The average molecular weight is 354 g/mol. The smallest absolute Gasteiger partial charge is 0.266 e. The van der Waals surface area contributed by atoms with Crippen LogP contribution >= 0.6 is 0 Å². The lowest BCUT2D eigenvalue weighted by molar-refractivity contribution is -0.128. The van der Waals surface area contributed by atoms with Gasteiger partial charge in [0.2, 0.25) is 5.91 Å². The first-order valence-electron chi connectivity index (χ1n) is 8.30. The quantitative estimate of drug-likeness (QED) is 0.720. The number of benzene rings is 1. The zero-order chi connectivity index (χ0) is 18.1. The monoisotopic (exact) mass is 354 g/mol. The van der Waals surface area contributed by atoms with Crippen LogP contribution in [0.15, 0.2) is 60.9 Å². The lowest BCUT2D eigenvalue weighted by Gasteiger charge is -2.16. The van der Waals surface area contributed by atoms with Gasteiger partial charge in [-0.3, -0.25) is 4.79 Å². The van der Waals surface area contributed by atoms with E-state index in [0.29, 0.717) is 12.2 Å². The predicted molar refractivity (Wildman–Crippen MR) is 92.2 cm³/mol. The molecule has 0 saturated carbocycles. The molecule has 0 N–H and O–H groups in total. The van der Waals surface area contributed by atoms with E-state index in [1.54, 1.807) is 27.9 Å². The molecule has 4 rings (SSSR count). The van der Waals surface area contributed by atoms with E-state index < -0.39 is 12.0 Å². The van der Waals surface area contributed by atoms with Gasteiger partial charge in [0.15, 0.2) is 5.65 Å². The standard InChI is InChI=1S/C19H16F2N4O/c20-16(21)9-13-10-17(26)24(11-13)12-15-18(14-5-2-1-3-6-14)23-25-8-4-7-22-19(15)25/h1-9,13H,10-12H2. The lowest BCUT2D eigenvalue weighted by Crippen LogP contribution is -2.24. The van der Waals surface area contributed by atoms with Crippen molar-refractivity contribution >= 4 is 11.6 Å². The first-order valence-corrected chi connectivity index (χ1v) is 8.30. The Hall–Kier alpha value is -3.09. The van der Waals surface area contributed by atoms with Gasteiger partial charge in [0.25, 0.3) is 6.08 Å². The molecule has 1 aromatic carbocycles. The molecule has 7 heteroatoms. The summed E-state index contributed by atoms with van der Waals surface area (Å²) < 4.78 is 26.7. The van der Waals surface area contributed by atoms with Crippen LogP contribution in [-0.2, 0) is 11.3 Å². The van der Waals surface area contributed by atoms with Crippen molar-refractivity contribution in [2.75, 3.05) is 6.54 Å². The van der Waals surface area contributed by atoms with Gasteiger partial charge in [-0.15, -0.1) is 0 Å². The highest BCUT2D eigenvalue weighted by atomic mass is 19.3. The van der Waals surface area contributed by atoms with Crippen molar-refractivity contribution in [2.24, 2.45) is 5.92 Å². The molecule has 3 heterocycles. The maximum absolute atomic E-state index is 12.5. The van der Waals surface area contributed by atoms with Crippen molar-refractivity contribution in [3.63, 3.8) is 0 Å². The molecular weight excluding hydrogens is 338 g/mol. The van der Waals surface area contributed by atoms with Crippen LogP contribution in [-0.4, -0.2) is 31.9 Å². The normalized spacial score (nSPS) is 17.1. The van der Waals surface area contributed by atoms with Gasteiger partial charge in [0, 0.05) is 42.4 Å². The maximum atomic E-state index is 12.5. The Kier molecular flexibility index (Phi) is 4.20. The van der Waals surface area contributed by atoms with E-state index in [9.17, 15) is 13.6 Å². The number of hydrogen-bond acceptors (Lipinski definition) is 3. The number of amides is 1. The molecule has 5 nitrogen and oxygen atoms in total. The van der Waals surface area contributed by atoms with Crippen molar-refractivity contribution in [3.05, 3.63) is 66.5 Å². The summed E-state index contributed by atoms with van der Waals surface area (Å²) >= 11 is 0. The van der Waals surface area contributed by atoms with E-state index in [1.807, 2.05) is 30.3 Å². The number of halogens is 2. The molecule has 1 atom stereocenters. The highest BCUT2D eigenvalue weighted by Crippen LogP contribution is 2.29. The first kappa shape index (κ1) is 16.4. The summed E-state index contributed by atoms with van der Waals surface area (Å²) in [7, 11) is 0. The average Bonchev–Trinajstić information content (AvgIpc) is 3.16. The van der Waals surface area contributed by atoms with Crippen LogP contribution < -0.4 is 0 Å². The minimum absolute atomic E-state index is 0.102. The molecule has 1 aliphatic heterocycles. The largest absolute Gasteiger partial charge is 0.338 e. The summed E-state index contributed by atoms with van der Waals surface area (Å²) in [6.45, 7) is 0.566. The third-order valence-corrected chi connectivity index (χ3v) is 4.49. The van der Waals surface area contributed by atoms with Crippen molar-refractivity contribution in [3.8, 4) is 11.3 Å². The lowest BCUT2D eigenvalue weighted by atomic mass is 10.1. The number of rotatable bonds is 4. The van der Waals surface area contributed by atoms with Crippen LogP contribution in [0.3, 0.4) is 0 Å². The SMILES string of the molecule is O=C1CC(C=C(F)F)CN1Cc1c(-c2ccccc2)nn2cccnc12. The fourth-order valence-corrected chi connectivity index (χ4v) is 3.34. The second-order valence-corrected chi connectivity index (χ2v) is 6.28. The summed E-state index contributed by atoms with van der Waals surface area (Å²) in [5.74, 6) is -0.593. The zero-order valence-corrected chi connectivity index (χ0v) is 13.8. The molecule has 0 spiro atoms.